The van der Waals surface area contributed by atoms with E-state index >= 15 is 0 Å². The van der Waals surface area contributed by atoms with E-state index in [-0.39, 0.29) is 5.75 Å². The lowest BCUT2D eigenvalue weighted by Gasteiger charge is -2.24. The SMILES string of the molecule is Cc1cc(N)ccc1N1CCCS(=O)(=O)CC1. The van der Waals surface area contributed by atoms with Crippen molar-refractivity contribution in [2.75, 3.05) is 35.2 Å². The van der Waals surface area contributed by atoms with E-state index in [1.165, 1.54) is 0 Å². The van der Waals surface area contributed by atoms with Crippen LogP contribution in [-0.4, -0.2) is 33.0 Å². The molecular formula is C12H18N2O2S. The molecule has 1 saturated heterocycles. The first kappa shape index (κ1) is 12.2. The van der Waals surface area contributed by atoms with Gasteiger partial charge in [-0.2, -0.15) is 0 Å². The standard InChI is InChI=1S/C12H18N2O2S/c1-10-9-11(13)3-4-12(10)14-5-2-7-17(15,16)8-6-14/h3-4,9H,2,5-8,13H2,1H3. The summed E-state index contributed by atoms with van der Waals surface area (Å²) in [5.41, 5.74) is 8.66. The first-order chi connectivity index (χ1) is 7.98. The molecule has 2 N–H and O–H groups in total. The first-order valence-electron chi connectivity index (χ1n) is 5.79. The molecule has 0 saturated carbocycles. The number of aryl methyl sites for hydroxylation is 1. The van der Waals surface area contributed by atoms with Crippen LogP contribution in [0.15, 0.2) is 18.2 Å². The Labute approximate surface area is 102 Å². The summed E-state index contributed by atoms with van der Waals surface area (Å²) in [6, 6.07) is 5.76. The van der Waals surface area contributed by atoms with Crippen molar-refractivity contribution in [1.82, 2.24) is 0 Å². The predicted octanol–water partition coefficient (Wildman–Crippen LogP) is 1.20. The number of anilines is 2. The van der Waals surface area contributed by atoms with Crippen LogP contribution in [0.2, 0.25) is 0 Å². The fraction of sp³-hybridized carbons (Fsp3) is 0.500. The molecule has 1 heterocycles. The second-order valence-corrected chi connectivity index (χ2v) is 6.84. The average Bonchev–Trinajstić information content (AvgIpc) is 2.40. The molecule has 2 rings (SSSR count). The summed E-state index contributed by atoms with van der Waals surface area (Å²) in [7, 11) is -2.85. The summed E-state index contributed by atoms with van der Waals surface area (Å²) < 4.78 is 23.1. The van der Waals surface area contributed by atoms with Gasteiger partial charge in [0.25, 0.3) is 0 Å². The second-order valence-electron chi connectivity index (χ2n) is 4.54. The van der Waals surface area contributed by atoms with E-state index in [0.717, 1.165) is 23.5 Å². The molecule has 0 amide bonds. The van der Waals surface area contributed by atoms with Crippen LogP contribution in [0.3, 0.4) is 0 Å². The molecule has 1 aromatic rings. The van der Waals surface area contributed by atoms with Crippen molar-refractivity contribution in [3.05, 3.63) is 23.8 Å². The minimum absolute atomic E-state index is 0.247. The molecule has 0 spiro atoms. The van der Waals surface area contributed by atoms with Crippen molar-refractivity contribution in [2.24, 2.45) is 0 Å². The third-order valence-corrected chi connectivity index (χ3v) is 4.83. The fourth-order valence-electron chi connectivity index (χ4n) is 2.21. The largest absolute Gasteiger partial charge is 0.399 e. The molecule has 94 valence electrons. The lowest BCUT2D eigenvalue weighted by atomic mass is 10.1. The minimum Gasteiger partial charge on any atom is -0.399 e. The van der Waals surface area contributed by atoms with Crippen molar-refractivity contribution in [1.29, 1.82) is 0 Å². The lowest BCUT2D eigenvalue weighted by Crippen LogP contribution is -2.27. The van der Waals surface area contributed by atoms with Crippen molar-refractivity contribution < 1.29 is 8.42 Å². The number of nitrogens with two attached hydrogens (primary N) is 1. The molecule has 4 nitrogen and oxygen atoms in total. The van der Waals surface area contributed by atoms with Crippen molar-refractivity contribution in [2.45, 2.75) is 13.3 Å². The number of hydrogen-bond donors (Lipinski definition) is 1. The Morgan fingerprint density at radius 2 is 2.00 bits per heavy atom. The maximum absolute atomic E-state index is 11.5. The van der Waals surface area contributed by atoms with Gasteiger partial charge < -0.3 is 10.6 Å². The molecule has 0 bridgehead atoms. The normalized spacial score (nSPS) is 19.9. The van der Waals surface area contributed by atoms with E-state index in [1.54, 1.807) is 0 Å². The molecule has 0 unspecified atom stereocenters. The molecule has 1 aliphatic rings. The van der Waals surface area contributed by atoms with Crippen molar-refractivity contribution in [3.8, 4) is 0 Å². The van der Waals surface area contributed by atoms with Crippen LogP contribution >= 0.6 is 0 Å². The number of benzene rings is 1. The summed E-state index contributed by atoms with van der Waals surface area (Å²) in [4.78, 5) is 2.14. The van der Waals surface area contributed by atoms with Gasteiger partial charge >= 0.3 is 0 Å². The highest BCUT2D eigenvalue weighted by molar-refractivity contribution is 7.91. The van der Waals surface area contributed by atoms with Gasteiger partial charge in [0.2, 0.25) is 0 Å². The van der Waals surface area contributed by atoms with Crippen molar-refractivity contribution >= 4 is 21.2 Å². The summed E-state index contributed by atoms with van der Waals surface area (Å²) in [6.45, 7) is 3.38. The Morgan fingerprint density at radius 1 is 1.24 bits per heavy atom. The van der Waals surface area contributed by atoms with Gasteiger partial charge in [-0.25, -0.2) is 8.42 Å². The monoisotopic (exact) mass is 254 g/mol. The molecular weight excluding hydrogens is 236 g/mol. The Kier molecular flexibility index (Phi) is 3.28. The summed E-state index contributed by atoms with van der Waals surface area (Å²) in [5.74, 6) is 0.550. The Hall–Kier alpha value is -1.23. The maximum Gasteiger partial charge on any atom is 0.152 e. The minimum atomic E-state index is -2.85. The van der Waals surface area contributed by atoms with E-state index in [9.17, 15) is 8.42 Å². The zero-order valence-corrected chi connectivity index (χ0v) is 10.8. The first-order valence-corrected chi connectivity index (χ1v) is 7.61. The van der Waals surface area contributed by atoms with E-state index in [2.05, 4.69) is 4.90 Å². The van der Waals surface area contributed by atoms with Crippen LogP contribution in [0, 0.1) is 6.92 Å². The van der Waals surface area contributed by atoms with Crippen molar-refractivity contribution in [3.63, 3.8) is 0 Å². The fourth-order valence-corrected chi connectivity index (χ4v) is 3.48. The van der Waals surface area contributed by atoms with Crippen LogP contribution < -0.4 is 10.6 Å². The smallest absolute Gasteiger partial charge is 0.152 e. The molecule has 0 radical (unpaired) electrons. The second kappa shape index (κ2) is 4.56. The van der Waals surface area contributed by atoms with Crippen LogP contribution in [-0.2, 0) is 9.84 Å². The zero-order chi connectivity index (χ0) is 12.5. The van der Waals surface area contributed by atoms with Gasteiger partial charge in [0.15, 0.2) is 9.84 Å². The number of nitrogen functional groups attached to an aromatic ring is 1. The van der Waals surface area contributed by atoms with E-state index in [4.69, 9.17) is 5.73 Å². The van der Waals surface area contributed by atoms with Crippen LogP contribution in [0.5, 0.6) is 0 Å². The van der Waals surface area contributed by atoms with Gasteiger partial charge in [0.1, 0.15) is 0 Å². The maximum atomic E-state index is 11.5. The third kappa shape index (κ3) is 2.91. The average molecular weight is 254 g/mol. The third-order valence-electron chi connectivity index (χ3n) is 3.12. The number of rotatable bonds is 1. The van der Waals surface area contributed by atoms with Gasteiger partial charge in [0, 0.05) is 24.5 Å². The van der Waals surface area contributed by atoms with Gasteiger partial charge in [-0.3, -0.25) is 0 Å². The Balaban J connectivity index is 2.23. The topological polar surface area (TPSA) is 63.4 Å². The van der Waals surface area contributed by atoms with Crippen LogP contribution in [0.1, 0.15) is 12.0 Å². The van der Waals surface area contributed by atoms with E-state index in [1.807, 2.05) is 25.1 Å². The summed E-state index contributed by atoms with van der Waals surface area (Å²) in [6.07, 6.45) is 0.701. The highest BCUT2D eigenvalue weighted by Gasteiger charge is 2.20. The van der Waals surface area contributed by atoms with E-state index < -0.39 is 9.84 Å². The molecule has 0 aromatic heterocycles. The summed E-state index contributed by atoms with van der Waals surface area (Å²) >= 11 is 0. The summed E-state index contributed by atoms with van der Waals surface area (Å²) in [5, 5.41) is 0. The molecule has 0 aliphatic carbocycles. The predicted molar refractivity (Wildman–Crippen MR) is 71.1 cm³/mol. The lowest BCUT2D eigenvalue weighted by molar-refractivity contribution is 0.597. The Morgan fingerprint density at radius 3 is 2.71 bits per heavy atom. The highest BCUT2D eigenvalue weighted by atomic mass is 32.2. The van der Waals surface area contributed by atoms with Gasteiger partial charge in [-0.05, 0) is 37.1 Å². The molecule has 1 aliphatic heterocycles. The molecule has 1 aromatic carbocycles. The van der Waals surface area contributed by atoms with Gasteiger partial charge in [-0.1, -0.05) is 0 Å². The highest BCUT2D eigenvalue weighted by Crippen LogP contribution is 2.23. The zero-order valence-electron chi connectivity index (χ0n) is 10.0. The van der Waals surface area contributed by atoms with Crippen LogP contribution in [0.4, 0.5) is 11.4 Å². The number of nitrogens with zero attached hydrogens (tertiary/aromatic N) is 1. The van der Waals surface area contributed by atoms with Crippen LogP contribution in [0.25, 0.3) is 0 Å². The Bertz CT molecular complexity index is 511. The molecule has 0 atom stereocenters. The van der Waals surface area contributed by atoms with Gasteiger partial charge in [0.05, 0.1) is 11.5 Å². The quantitative estimate of drug-likeness (QED) is 0.765. The van der Waals surface area contributed by atoms with E-state index in [0.29, 0.717) is 18.7 Å². The molecule has 5 heteroatoms. The molecule has 1 fully saturated rings. The molecule has 17 heavy (non-hydrogen) atoms. The van der Waals surface area contributed by atoms with Gasteiger partial charge in [-0.15, -0.1) is 0 Å². The number of hydrogen-bond acceptors (Lipinski definition) is 4. The number of sulfone groups is 1.